The second-order valence-corrected chi connectivity index (χ2v) is 4.90. The van der Waals surface area contributed by atoms with Crippen molar-refractivity contribution < 1.29 is 9.53 Å². The highest BCUT2D eigenvalue weighted by molar-refractivity contribution is 5.90. The Balaban J connectivity index is 2.05. The lowest BCUT2D eigenvalue weighted by molar-refractivity contribution is 0.173. The molecule has 2 rings (SSSR count). The average molecular weight is 288 g/mol. The van der Waals surface area contributed by atoms with Gasteiger partial charge in [-0.05, 0) is 19.1 Å². The third kappa shape index (κ3) is 4.06. The van der Waals surface area contributed by atoms with Gasteiger partial charge in [-0.2, -0.15) is 0 Å². The van der Waals surface area contributed by atoms with Crippen molar-refractivity contribution in [2.75, 3.05) is 19.0 Å². The van der Waals surface area contributed by atoms with Gasteiger partial charge in [0.1, 0.15) is 5.82 Å². The number of ether oxygens (including phenoxy) is 1. The summed E-state index contributed by atoms with van der Waals surface area (Å²) >= 11 is 0. The number of rotatable bonds is 5. The molecule has 0 aliphatic rings. The maximum absolute atomic E-state index is 11.9. The van der Waals surface area contributed by atoms with Crippen LogP contribution in [-0.4, -0.2) is 35.3 Å². The number of imidazole rings is 1. The van der Waals surface area contributed by atoms with Gasteiger partial charge < -0.3 is 19.9 Å². The largest absolute Gasteiger partial charge is 0.383 e. The Bertz CT molecular complexity index is 609. The van der Waals surface area contributed by atoms with E-state index in [4.69, 9.17) is 4.74 Å². The molecule has 1 aromatic heterocycles. The third-order valence-corrected chi connectivity index (χ3v) is 2.99. The molecule has 6 nitrogen and oxygen atoms in total. The molecule has 112 valence electrons. The summed E-state index contributed by atoms with van der Waals surface area (Å²) in [7, 11) is 3.54. The Kier molecular flexibility index (Phi) is 4.94. The van der Waals surface area contributed by atoms with E-state index in [1.807, 2.05) is 49.0 Å². The molecular weight excluding hydrogens is 268 g/mol. The first-order valence-electron chi connectivity index (χ1n) is 6.74. The lowest BCUT2D eigenvalue weighted by Gasteiger charge is -2.14. The van der Waals surface area contributed by atoms with Crippen molar-refractivity contribution in [3.63, 3.8) is 0 Å². The van der Waals surface area contributed by atoms with Crippen molar-refractivity contribution >= 4 is 11.7 Å². The van der Waals surface area contributed by atoms with Gasteiger partial charge in [-0.25, -0.2) is 9.78 Å². The van der Waals surface area contributed by atoms with Crippen LogP contribution in [0.3, 0.4) is 0 Å². The van der Waals surface area contributed by atoms with Crippen LogP contribution < -0.4 is 10.6 Å². The minimum atomic E-state index is -0.253. The van der Waals surface area contributed by atoms with Crippen LogP contribution in [0.1, 0.15) is 6.92 Å². The van der Waals surface area contributed by atoms with E-state index in [2.05, 4.69) is 15.6 Å². The molecule has 0 aliphatic heterocycles. The zero-order chi connectivity index (χ0) is 15.2. The smallest absolute Gasteiger partial charge is 0.319 e. The van der Waals surface area contributed by atoms with Crippen LogP contribution in [-0.2, 0) is 11.8 Å². The van der Waals surface area contributed by atoms with E-state index >= 15 is 0 Å². The normalized spacial score (nSPS) is 12.0. The second kappa shape index (κ2) is 6.90. The first-order chi connectivity index (χ1) is 10.1. The number of aromatic nitrogens is 2. The SMILES string of the molecule is COC[C@H](C)NC(=O)Nc1cccc(-c2nccn2C)c1. The molecule has 0 unspecified atom stereocenters. The number of carbonyl (C=O) groups is 1. The summed E-state index contributed by atoms with van der Waals surface area (Å²) in [5, 5.41) is 5.61. The topological polar surface area (TPSA) is 68.2 Å². The highest BCUT2D eigenvalue weighted by atomic mass is 16.5. The fraction of sp³-hybridized carbons (Fsp3) is 0.333. The summed E-state index contributed by atoms with van der Waals surface area (Å²) in [5.41, 5.74) is 1.67. The number of hydrogen-bond acceptors (Lipinski definition) is 3. The maximum atomic E-state index is 11.9. The summed E-state index contributed by atoms with van der Waals surface area (Å²) in [5.74, 6) is 0.854. The van der Waals surface area contributed by atoms with E-state index < -0.39 is 0 Å². The Morgan fingerprint density at radius 1 is 1.48 bits per heavy atom. The predicted molar refractivity (Wildman–Crippen MR) is 82.1 cm³/mol. The molecule has 0 spiro atoms. The molecule has 2 aromatic rings. The van der Waals surface area contributed by atoms with E-state index in [-0.39, 0.29) is 12.1 Å². The van der Waals surface area contributed by atoms with Crippen LogP contribution in [0, 0.1) is 0 Å². The van der Waals surface area contributed by atoms with Gasteiger partial charge in [-0.15, -0.1) is 0 Å². The standard InChI is InChI=1S/C15H20N4O2/c1-11(10-21-3)17-15(20)18-13-6-4-5-12(9-13)14-16-7-8-19(14)2/h4-9,11H,10H2,1-3H3,(H2,17,18,20)/t11-/m0/s1. The monoisotopic (exact) mass is 288 g/mol. The molecule has 1 aromatic carbocycles. The summed E-state index contributed by atoms with van der Waals surface area (Å²) in [6.45, 7) is 2.36. The number of aryl methyl sites for hydroxylation is 1. The zero-order valence-corrected chi connectivity index (χ0v) is 12.5. The molecule has 0 saturated heterocycles. The quantitative estimate of drug-likeness (QED) is 0.886. The highest BCUT2D eigenvalue weighted by Crippen LogP contribution is 2.20. The van der Waals surface area contributed by atoms with Crippen molar-refractivity contribution in [1.29, 1.82) is 0 Å². The van der Waals surface area contributed by atoms with Gasteiger partial charge in [0.2, 0.25) is 0 Å². The van der Waals surface area contributed by atoms with Gasteiger partial charge in [0.15, 0.2) is 0 Å². The van der Waals surface area contributed by atoms with Crippen molar-refractivity contribution in [1.82, 2.24) is 14.9 Å². The van der Waals surface area contributed by atoms with Crippen molar-refractivity contribution in [2.24, 2.45) is 7.05 Å². The summed E-state index contributed by atoms with van der Waals surface area (Å²) in [6.07, 6.45) is 3.63. The van der Waals surface area contributed by atoms with Crippen LogP contribution in [0.4, 0.5) is 10.5 Å². The van der Waals surface area contributed by atoms with Crippen LogP contribution >= 0.6 is 0 Å². The van der Waals surface area contributed by atoms with Gasteiger partial charge in [0.25, 0.3) is 0 Å². The minimum absolute atomic E-state index is 0.0484. The van der Waals surface area contributed by atoms with Crippen LogP contribution in [0.2, 0.25) is 0 Å². The molecule has 0 fully saturated rings. The van der Waals surface area contributed by atoms with Gasteiger partial charge in [0.05, 0.1) is 12.6 Å². The number of hydrogen-bond donors (Lipinski definition) is 2. The van der Waals surface area contributed by atoms with Crippen molar-refractivity contribution in [3.8, 4) is 11.4 Å². The first kappa shape index (κ1) is 15.1. The minimum Gasteiger partial charge on any atom is -0.383 e. The van der Waals surface area contributed by atoms with Gasteiger partial charge >= 0.3 is 6.03 Å². The van der Waals surface area contributed by atoms with E-state index in [9.17, 15) is 4.79 Å². The average Bonchev–Trinajstić information content (AvgIpc) is 2.85. The molecule has 2 N–H and O–H groups in total. The number of urea groups is 1. The highest BCUT2D eigenvalue weighted by Gasteiger charge is 2.08. The van der Waals surface area contributed by atoms with Gasteiger partial charge in [0, 0.05) is 37.8 Å². The van der Waals surface area contributed by atoms with E-state index in [0.29, 0.717) is 6.61 Å². The Hall–Kier alpha value is -2.34. The summed E-state index contributed by atoms with van der Waals surface area (Å²) < 4.78 is 6.91. The first-order valence-corrected chi connectivity index (χ1v) is 6.74. The van der Waals surface area contributed by atoms with Crippen LogP contribution in [0.5, 0.6) is 0 Å². The number of nitrogens with one attached hydrogen (secondary N) is 2. The molecule has 21 heavy (non-hydrogen) atoms. The summed E-state index contributed by atoms with van der Waals surface area (Å²) in [4.78, 5) is 16.2. The fourth-order valence-corrected chi connectivity index (χ4v) is 2.06. The number of anilines is 1. The van der Waals surface area contributed by atoms with Crippen LogP contribution in [0.15, 0.2) is 36.7 Å². The van der Waals surface area contributed by atoms with E-state index in [1.54, 1.807) is 13.3 Å². The van der Waals surface area contributed by atoms with Gasteiger partial charge in [-0.3, -0.25) is 0 Å². The molecule has 1 heterocycles. The molecule has 0 saturated carbocycles. The number of methoxy groups -OCH3 is 1. The maximum Gasteiger partial charge on any atom is 0.319 e. The Morgan fingerprint density at radius 3 is 2.95 bits per heavy atom. The molecule has 0 aliphatic carbocycles. The molecule has 6 heteroatoms. The number of benzene rings is 1. The van der Waals surface area contributed by atoms with E-state index in [1.165, 1.54) is 0 Å². The number of nitrogens with zero attached hydrogens (tertiary/aromatic N) is 2. The number of carbonyl (C=O) groups excluding carboxylic acids is 1. The fourth-order valence-electron chi connectivity index (χ4n) is 2.06. The molecule has 0 bridgehead atoms. The van der Waals surface area contributed by atoms with E-state index in [0.717, 1.165) is 17.1 Å². The van der Waals surface area contributed by atoms with Crippen LogP contribution in [0.25, 0.3) is 11.4 Å². The predicted octanol–water partition coefficient (Wildman–Crippen LogP) is 2.24. The zero-order valence-electron chi connectivity index (χ0n) is 12.5. The molecule has 2 amide bonds. The Labute approximate surface area is 124 Å². The van der Waals surface area contributed by atoms with Crippen molar-refractivity contribution in [2.45, 2.75) is 13.0 Å². The lowest BCUT2D eigenvalue weighted by atomic mass is 10.2. The molecule has 1 atom stereocenters. The number of amides is 2. The second-order valence-electron chi connectivity index (χ2n) is 4.90. The third-order valence-electron chi connectivity index (χ3n) is 2.99. The van der Waals surface area contributed by atoms with Crippen molar-refractivity contribution in [3.05, 3.63) is 36.7 Å². The Morgan fingerprint density at radius 2 is 2.29 bits per heavy atom. The molecular formula is C15H20N4O2. The van der Waals surface area contributed by atoms with Gasteiger partial charge in [-0.1, -0.05) is 12.1 Å². The molecule has 0 radical (unpaired) electrons. The lowest BCUT2D eigenvalue weighted by Crippen LogP contribution is -2.38. The summed E-state index contributed by atoms with van der Waals surface area (Å²) in [6, 6.07) is 7.27.